The van der Waals surface area contributed by atoms with Crippen LogP contribution in [0.4, 0.5) is 20.2 Å². The number of nitrogens with one attached hydrogen (secondary N) is 2. The first-order valence-electron chi connectivity index (χ1n) is 12.3. The molecule has 2 amide bonds. The van der Waals surface area contributed by atoms with Crippen LogP contribution in [0.25, 0.3) is 16.9 Å². The van der Waals surface area contributed by atoms with Gasteiger partial charge in [0.2, 0.25) is 5.91 Å². The van der Waals surface area contributed by atoms with Gasteiger partial charge >= 0.3 is 6.61 Å². The number of likely N-dealkylation sites (tertiary alicyclic amines) is 1. The number of fused-ring (bicyclic) bond motifs is 2. The minimum absolute atomic E-state index is 0.164. The minimum Gasteiger partial charge on any atom is -0.434 e. The van der Waals surface area contributed by atoms with E-state index in [1.807, 2.05) is 7.05 Å². The monoisotopic (exact) mass is 554 g/mol. The van der Waals surface area contributed by atoms with Gasteiger partial charge in [0.25, 0.3) is 5.91 Å². The second-order valence-corrected chi connectivity index (χ2v) is 10.4. The Hall–Kier alpha value is -4.04. The lowest BCUT2D eigenvalue weighted by atomic mass is 10.1. The molecule has 202 valence electrons. The molecule has 4 aromatic rings. The summed E-state index contributed by atoms with van der Waals surface area (Å²) in [6.45, 7) is -1.58. The van der Waals surface area contributed by atoms with Crippen LogP contribution < -0.4 is 15.4 Å². The molecule has 3 aromatic heterocycles. The van der Waals surface area contributed by atoms with E-state index in [1.54, 1.807) is 35.4 Å². The number of benzene rings is 1. The van der Waals surface area contributed by atoms with Gasteiger partial charge in [-0.25, -0.2) is 9.50 Å². The number of nitrogens with zero attached hydrogens (tertiary/aromatic N) is 6. The molecule has 0 spiro atoms. The molecule has 2 N–H and O–H groups in total. The van der Waals surface area contributed by atoms with Crippen molar-refractivity contribution in [2.24, 2.45) is 0 Å². The van der Waals surface area contributed by atoms with E-state index in [9.17, 15) is 18.4 Å². The van der Waals surface area contributed by atoms with Crippen LogP contribution in [0.3, 0.4) is 0 Å². The summed E-state index contributed by atoms with van der Waals surface area (Å²) in [5.74, 6) is -0.681. The van der Waals surface area contributed by atoms with E-state index < -0.39 is 12.5 Å². The molecular weight excluding hydrogens is 530 g/mol. The number of anilines is 2. The predicted octanol–water partition coefficient (Wildman–Crippen LogP) is 3.58. The maximum absolute atomic E-state index is 13.5. The molecule has 1 saturated heterocycles. The molecular formula is C25H24F2N8O3S. The van der Waals surface area contributed by atoms with E-state index >= 15 is 0 Å². The van der Waals surface area contributed by atoms with Crippen LogP contribution in [-0.2, 0) is 11.3 Å². The van der Waals surface area contributed by atoms with Gasteiger partial charge in [-0.05, 0) is 38.6 Å². The fraction of sp³-hybridized carbons (Fsp3) is 0.320. The summed E-state index contributed by atoms with van der Waals surface area (Å²) in [5.41, 5.74) is 1.86. The maximum atomic E-state index is 13.5. The number of amides is 2. The Morgan fingerprint density at radius 3 is 3.03 bits per heavy atom. The highest BCUT2D eigenvalue weighted by Crippen LogP contribution is 2.43. The Morgan fingerprint density at radius 2 is 2.23 bits per heavy atom. The van der Waals surface area contributed by atoms with Crippen LogP contribution in [0.1, 0.15) is 23.2 Å². The number of carbonyl (C=O) groups excluding carboxylic acids is 2. The molecule has 11 nitrogen and oxygen atoms in total. The van der Waals surface area contributed by atoms with Gasteiger partial charge in [0.15, 0.2) is 5.65 Å². The van der Waals surface area contributed by atoms with Crippen LogP contribution in [0.2, 0.25) is 0 Å². The van der Waals surface area contributed by atoms with E-state index in [2.05, 4.69) is 25.6 Å². The second-order valence-electron chi connectivity index (χ2n) is 9.35. The third-order valence-electron chi connectivity index (χ3n) is 6.79. The summed E-state index contributed by atoms with van der Waals surface area (Å²) in [5, 5.41) is 14.5. The number of thioether (sulfide) groups is 1. The SMILES string of the molecule is CN1CCC[C@@H]1Cn1cc(NC(=O)c2cnn3cccnc23)c(-c2cc3c(cc2OC(F)F)NC(=O)CS3)n1. The molecule has 0 bridgehead atoms. The van der Waals surface area contributed by atoms with Crippen molar-refractivity contribution >= 4 is 40.6 Å². The van der Waals surface area contributed by atoms with Crippen LogP contribution in [0, 0.1) is 0 Å². The molecule has 0 unspecified atom stereocenters. The van der Waals surface area contributed by atoms with Gasteiger partial charge in [-0.2, -0.15) is 19.0 Å². The first kappa shape index (κ1) is 25.2. The van der Waals surface area contributed by atoms with Crippen molar-refractivity contribution in [2.75, 3.05) is 30.0 Å². The Labute approximate surface area is 225 Å². The molecule has 0 aliphatic carbocycles. The molecule has 39 heavy (non-hydrogen) atoms. The summed E-state index contributed by atoms with van der Waals surface area (Å²) < 4.78 is 35.0. The van der Waals surface area contributed by atoms with Crippen LogP contribution in [0.5, 0.6) is 5.75 Å². The number of halogens is 2. The number of aromatic nitrogens is 5. The Kier molecular flexibility index (Phi) is 6.64. The third kappa shape index (κ3) is 5.04. The zero-order valence-electron chi connectivity index (χ0n) is 20.8. The second kappa shape index (κ2) is 10.3. The summed E-state index contributed by atoms with van der Waals surface area (Å²) in [6, 6.07) is 4.96. The van der Waals surface area contributed by atoms with Crippen molar-refractivity contribution in [3.63, 3.8) is 0 Å². The molecule has 14 heteroatoms. The number of hydrogen-bond acceptors (Lipinski definition) is 8. The lowest BCUT2D eigenvalue weighted by Gasteiger charge is -2.20. The zero-order valence-corrected chi connectivity index (χ0v) is 21.6. The van der Waals surface area contributed by atoms with Crippen LogP contribution in [0.15, 0.2) is 47.9 Å². The molecule has 5 heterocycles. The smallest absolute Gasteiger partial charge is 0.387 e. The van der Waals surface area contributed by atoms with Crippen molar-refractivity contribution in [2.45, 2.75) is 36.9 Å². The molecule has 6 rings (SSSR count). The number of ether oxygens (including phenoxy) is 1. The lowest BCUT2D eigenvalue weighted by Crippen LogP contribution is -2.29. The van der Waals surface area contributed by atoms with Gasteiger partial charge in [-0.3, -0.25) is 14.3 Å². The van der Waals surface area contributed by atoms with Crippen molar-refractivity contribution in [1.82, 2.24) is 29.3 Å². The third-order valence-corrected chi connectivity index (χ3v) is 7.84. The highest BCUT2D eigenvalue weighted by Gasteiger charge is 2.27. The number of rotatable bonds is 7. The zero-order chi connectivity index (χ0) is 27.1. The summed E-state index contributed by atoms with van der Waals surface area (Å²) >= 11 is 1.28. The van der Waals surface area contributed by atoms with Crippen LogP contribution in [-0.4, -0.2) is 73.1 Å². The largest absolute Gasteiger partial charge is 0.434 e. The van der Waals surface area contributed by atoms with E-state index in [1.165, 1.54) is 28.5 Å². The predicted molar refractivity (Wildman–Crippen MR) is 140 cm³/mol. The number of hydrogen-bond donors (Lipinski definition) is 2. The first-order valence-corrected chi connectivity index (χ1v) is 13.3. The van der Waals surface area contributed by atoms with Crippen molar-refractivity contribution in [1.29, 1.82) is 0 Å². The quantitative estimate of drug-likeness (QED) is 0.356. The fourth-order valence-corrected chi connectivity index (χ4v) is 5.72. The number of carbonyl (C=O) groups is 2. The molecule has 2 aliphatic heterocycles. The maximum Gasteiger partial charge on any atom is 0.387 e. The van der Waals surface area contributed by atoms with Gasteiger partial charge < -0.3 is 20.3 Å². The standard InChI is InChI=1S/C25H24F2N8O3S/c1-33-6-2-4-14(33)11-34-12-18(31-24(37)16-10-29-35-7-3-5-28-23(16)35)22(32-34)15-8-20-17(30-21(36)13-39-20)9-19(15)38-25(26)27/h3,5,7-10,12,14,25H,2,4,6,11,13H2,1H3,(H,30,36)(H,31,37)/t14-/m1/s1. The Balaban J connectivity index is 1.42. The van der Waals surface area contributed by atoms with Crippen molar-refractivity contribution < 1.29 is 23.1 Å². The fourth-order valence-electron chi connectivity index (χ4n) is 4.89. The highest BCUT2D eigenvalue weighted by atomic mass is 32.2. The van der Waals surface area contributed by atoms with E-state index in [0.29, 0.717) is 28.5 Å². The molecule has 1 aromatic carbocycles. The average molecular weight is 555 g/mol. The normalized spacial score (nSPS) is 17.4. The van der Waals surface area contributed by atoms with Gasteiger partial charge in [0, 0.05) is 41.2 Å². The van der Waals surface area contributed by atoms with E-state index in [-0.39, 0.29) is 40.3 Å². The van der Waals surface area contributed by atoms with E-state index in [0.717, 1.165) is 19.4 Å². The lowest BCUT2D eigenvalue weighted by molar-refractivity contribution is -0.113. The van der Waals surface area contributed by atoms with Crippen molar-refractivity contribution in [3.05, 3.63) is 48.5 Å². The average Bonchev–Trinajstić information content (AvgIpc) is 3.62. The van der Waals surface area contributed by atoms with Gasteiger partial charge in [-0.15, -0.1) is 11.8 Å². The number of alkyl halides is 2. The molecule has 2 aliphatic rings. The topological polar surface area (TPSA) is 119 Å². The Morgan fingerprint density at radius 1 is 1.36 bits per heavy atom. The highest BCUT2D eigenvalue weighted by molar-refractivity contribution is 8.00. The van der Waals surface area contributed by atoms with Crippen LogP contribution >= 0.6 is 11.8 Å². The first-order chi connectivity index (χ1) is 18.9. The minimum atomic E-state index is -3.11. The summed E-state index contributed by atoms with van der Waals surface area (Å²) in [7, 11) is 2.05. The van der Waals surface area contributed by atoms with Crippen molar-refractivity contribution in [3.8, 4) is 17.0 Å². The molecule has 1 fully saturated rings. The molecule has 0 saturated carbocycles. The molecule has 0 radical (unpaired) electrons. The number of likely N-dealkylation sites (N-methyl/N-ethyl adjacent to an activating group) is 1. The summed E-state index contributed by atoms with van der Waals surface area (Å²) in [6.07, 6.45) is 8.42. The Bertz CT molecular complexity index is 1570. The van der Waals surface area contributed by atoms with Gasteiger partial charge in [-0.1, -0.05) is 0 Å². The molecule has 1 atom stereocenters. The van der Waals surface area contributed by atoms with E-state index in [4.69, 9.17) is 9.84 Å². The van der Waals surface area contributed by atoms with Gasteiger partial charge in [0.1, 0.15) is 17.0 Å². The summed E-state index contributed by atoms with van der Waals surface area (Å²) in [4.78, 5) is 32.4. The van der Waals surface area contributed by atoms with Gasteiger partial charge in [0.05, 0.1) is 29.9 Å².